The fourth-order valence-corrected chi connectivity index (χ4v) is 5.52. The van der Waals surface area contributed by atoms with Crippen LogP contribution in [-0.2, 0) is 0 Å². The van der Waals surface area contributed by atoms with Gasteiger partial charge in [-0.05, 0) is 43.0 Å². The summed E-state index contributed by atoms with van der Waals surface area (Å²) in [7, 11) is 1.49. The zero-order valence-electron chi connectivity index (χ0n) is 20.7. The van der Waals surface area contributed by atoms with E-state index in [1.807, 2.05) is 4.90 Å². The number of aromatic carboxylic acids is 1. The molecule has 3 aromatic heterocycles. The minimum absolute atomic E-state index is 0.0572. The number of carboxylic acid groups (broad SMARTS) is 1. The Morgan fingerprint density at radius 1 is 1.26 bits per heavy atom. The monoisotopic (exact) mass is 551 g/mol. The third-order valence-corrected chi connectivity index (χ3v) is 7.53. The number of nitrogens with zero attached hydrogens (tertiary/aromatic N) is 4. The molecule has 1 aliphatic heterocycles. The number of hydrogen-bond acceptors (Lipinski definition) is 8. The van der Waals surface area contributed by atoms with Gasteiger partial charge in [-0.2, -0.15) is 4.98 Å². The maximum atomic E-state index is 15.7. The molecule has 200 valence electrons. The number of ether oxygens (including phenoxy) is 2. The molecule has 12 heteroatoms. The molecule has 0 spiro atoms. The highest BCUT2D eigenvalue weighted by atomic mass is 35.5. The molecule has 4 heterocycles. The summed E-state index contributed by atoms with van der Waals surface area (Å²) in [5.41, 5.74) is 5.73. The minimum atomic E-state index is -1.41. The Balaban J connectivity index is 1.43. The number of benzene rings is 1. The van der Waals surface area contributed by atoms with Crippen molar-refractivity contribution >= 4 is 40.0 Å². The van der Waals surface area contributed by atoms with Gasteiger partial charge in [0.05, 0.1) is 30.0 Å². The number of fused-ring (bicyclic) bond motifs is 2. The van der Waals surface area contributed by atoms with E-state index in [2.05, 4.69) is 9.97 Å². The molecule has 0 amide bonds. The smallest absolute Gasteiger partial charge is 0.341 e. The van der Waals surface area contributed by atoms with Crippen LogP contribution in [0.4, 0.5) is 15.9 Å². The summed E-state index contributed by atoms with van der Waals surface area (Å²) in [6.45, 7) is 0.204. The molecule has 1 aromatic carbocycles. The molecule has 0 bridgehead atoms. The number of carbonyl (C=O) groups is 1. The van der Waals surface area contributed by atoms with Crippen LogP contribution in [0.15, 0.2) is 53.6 Å². The first-order valence-corrected chi connectivity index (χ1v) is 12.6. The number of nitrogen functional groups attached to an aromatic ring is 1. The number of carboxylic acids is 1. The highest BCUT2D eigenvalue weighted by Gasteiger charge is 2.53. The van der Waals surface area contributed by atoms with Crippen molar-refractivity contribution < 1.29 is 23.8 Å². The van der Waals surface area contributed by atoms with Crippen LogP contribution in [0.5, 0.6) is 11.8 Å². The first kappa shape index (κ1) is 24.9. The van der Waals surface area contributed by atoms with E-state index in [1.54, 1.807) is 30.3 Å². The largest absolute Gasteiger partial charge is 0.481 e. The summed E-state index contributed by atoms with van der Waals surface area (Å²) < 4.78 is 28.3. The lowest BCUT2D eigenvalue weighted by atomic mass is 10.1. The number of anilines is 2. The quantitative estimate of drug-likeness (QED) is 0.351. The topological polar surface area (TPSA) is 133 Å². The van der Waals surface area contributed by atoms with E-state index in [4.69, 9.17) is 26.8 Å². The molecule has 4 aromatic rings. The molecule has 1 saturated heterocycles. The van der Waals surface area contributed by atoms with Crippen molar-refractivity contribution in [2.24, 2.45) is 5.92 Å². The Morgan fingerprint density at radius 2 is 2.08 bits per heavy atom. The van der Waals surface area contributed by atoms with Crippen molar-refractivity contribution in [1.29, 1.82) is 0 Å². The van der Waals surface area contributed by atoms with Crippen molar-refractivity contribution in [3.8, 4) is 17.4 Å². The van der Waals surface area contributed by atoms with Crippen molar-refractivity contribution in [2.45, 2.75) is 24.9 Å². The van der Waals surface area contributed by atoms with Crippen LogP contribution in [0, 0.1) is 11.7 Å². The molecule has 1 saturated carbocycles. The summed E-state index contributed by atoms with van der Waals surface area (Å²) in [4.78, 5) is 35.1. The number of nitrogens with two attached hydrogens (primary N) is 1. The Bertz CT molecular complexity index is 1700. The van der Waals surface area contributed by atoms with Gasteiger partial charge in [-0.15, -0.1) is 0 Å². The maximum Gasteiger partial charge on any atom is 0.341 e. The standard InChI is InChI=1S/C27H23ClFN5O5/c1-38-24-3-2-18(28)26(32-24)39-12-15-6-13-7-20(13)34(15)22-10-21-16(9-19(22)29)25(35)17(27(36)37)11-33(21)14-4-5-31-23(30)8-14/h2-5,8-11,13,15,20H,6-7,12H2,1H3,(H2,30,31)(H,36,37)/t13-,15+,20+/m0/s1. The number of halogens is 2. The molecule has 6 rings (SSSR count). The van der Waals surface area contributed by atoms with Crippen LogP contribution in [-0.4, -0.2) is 51.4 Å². The van der Waals surface area contributed by atoms with E-state index in [9.17, 15) is 14.7 Å². The highest BCUT2D eigenvalue weighted by Crippen LogP contribution is 2.50. The van der Waals surface area contributed by atoms with Crippen LogP contribution >= 0.6 is 11.6 Å². The average Bonchev–Trinajstić information content (AvgIpc) is 3.58. The second-order valence-electron chi connectivity index (χ2n) is 9.62. The van der Waals surface area contributed by atoms with E-state index in [1.165, 1.54) is 24.1 Å². The molecule has 2 fully saturated rings. The first-order chi connectivity index (χ1) is 18.7. The Hall–Kier alpha value is -4.38. The van der Waals surface area contributed by atoms with Gasteiger partial charge in [-0.1, -0.05) is 11.6 Å². The number of rotatable bonds is 7. The molecule has 10 nitrogen and oxygen atoms in total. The van der Waals surface area contributed by atoms with Gasteiger partial charge in [0.25, 0.3) is 0 Å². The fourth-order valence-electron chi connectivity index (χ4n) is 5.36. The van der Waals surface area contributed by atoms with Gasteiger partial charge < -0.3 is 29.8 Å². The van der Waals surface area contributed by atoms with Crippen LogP contribution in [0.25, 0.3) is 16.6 Å². The maximum absolute atomic E-state index is 15.7. The van der Waals surface area contributed by atoms with E-state index in [-0.39, 0.29) is 35.8 Å². The molecular formula is C27H23ClFN5O5. The number of methoxy groups -OCH3 is 1. The third kappa shape index (κ3) is 4.38. The number of pyridine rings is 3. The Morgan fingerprint density at radius 3 is 2.82 bits per heavy atom. The number of piperidine rings is 1. The van der Waals surface area contributed by atoms with E-state index in [0.717, 1.165) is 18.9 Å². The SMILES string of the molecule is COc1ccc(Cl)c(OC[C@H]2C[C@H]3C[C@H]3N2c2cc3c(cc2F)c(=O)c(C(=O)O)cn3-c2ccnc(N)c2)n1. The Labute approximate surface area is 226 Å². The van der Waals surface area contributed by atoms with Crippen LogP contribution in [0.2, 0.25) is 5.02 Å². The number of aromatic nitrogens is 3. The normalized spacial score (nSPS) is 19.7. The summed E-state index contributed by atoms with van der Waals surface area (Å²) in [6, 6.07) is 9.06. The first-order valence-electron chi connectivity index (χ1n) is 12.2. The zero-order valence-corrected chi connectivity index (χ0v) is 21.4. The van der Waals surface area contributed by atoms with Crippen LogP contribution in [0.1, 0.15) is 23.2 Å². The zero-order chi connectivity index (χ0) is 27.4. The molecule has 1 aliphatic carbocycles. The van der Waals surface area contributed by atoms with Crippen molar-refractivity contribution in [2.75, 3.05) is 24.4 Å². The molecule has 3 atom stereocenters. The number of hydrogen-bond donors (Lipinski definition) is 2. The summed E-state index contributed by atoms with van der Waals surface area (Å²) >= 11 is 6.25. The predicted octanol–water partition coefficient (Wildman–Crippen LogP) is 3.91. The van der Waals surface area contributed by atoms with Gasteiger partial charge in [0.2, 0.25) is 17.2 Å². The summed E-state index contributed by atoms with van der Waals surface area (Å²) in [6.07, 6.45) is 4.40. The van der Waals surface area contributed by atoms with Crippen molar-refractivity contribution in [1.82, 2.24) is 14.5 Å². The second kappa shape index (κ2) is 9.42. The molecule has 2 aliphatic rings. The van der Waals surface area contributed by atoms with Gasteiger partial charge in [0.1, 0.15) is 28.8 Å². The minimum Gasteiger partial charge on any atom is -0.481 e. The third-order valence-electron chi connectivity index (χ3n) is 7.24. The van der Waals surface area contributed by atoms with Gasteiger partial charge in [-0.3, -0.25) is 4.79 Å². The second-order valence-corrected chi connectivity index (χ2v) is 10.0. The van der Waals surface area contributed by atoms with Gasteiger partial charge in [0.15, 0.2) is 0 Å². The molecule has 0 radical (unpaired) electrons. The lowest BCUT2D eigenvalue weighted by Gasteiger charge is -2.30. The fraction of sp³-hybridized carbons (Fsp3) is 0.259. The van der Waals surface area contributed by atoms with Crippen molar-refractivity contribution in [3.63, 3.8) is 0 Å². The molecule has 0 unspecified atom stereocenters. The molecule has 3 N–H and O–H groups in total. The Kier molecular flexibility index (Phi) is 6.02. The van der Waals surface area contributed by atoms with Gasteiger partial charge in [0, 0.05) is 36.0 Å². The molecule has 39 heavy (non-hydrogen) atoms. The predicted molar refractivity (Wildman–Crippen MR) is 143 cm³/mol. The van der Waals surface area contributed by atoms with Gasteiger partial charge in [-0.25, -0.2) is 14.2 Å². The van der Waals surface area contributed by atoms with E-state index in [0.29, 0.717) is 33.7 Å². The van der Waals surface area contributed by atoms with Gasteiger partial charge >= 0.3 is 5.97 Å². The lowest BCUT2D eigenvalue weighted by Crippen LogP contribution is -2.38. The average molecular weight is 552 g/mol. The molecular weight excluding hydrogens is 529 g/mol. The highest BCUT2D eigenvalue weighted by molar-refractivity contribution is 6.31. The van der Waals surface area contributed by atoms with Crippen LogP contribution in [0.3, 0.4) is 0 Å². The van der Waals surface area contributed by atoms with E-state index < -0.39 is 22.8 Å². The summed E-state index contributed by atoms with van der Waals surface area (Å²) in [5, 5.41) is 9.91. The van der Waals surface area contributed by atoms with Crippen molar-refractivity contribution in [3.05, 3.63) is 75.4 Å². The lowest BCUT2D eigenvalue weighted by molar-refractivity contribution is 0.0695. The van der Waals surface area contributed by atoms with E-state index >= 15 is 4.39 Å². The van der Waals surface area contributed by atoms with Crippen LogP contribution < -0.4 is 25.5 Å². The summed E-state index contributed by atoms with van der Waals surface area (Å²) in [5.74, 6) is -0.861.